The maximum Gasteiger partial charge on any atom is 0.251 e. The number of nitrogens with one attached hydrogen (secondary N) is 1. The van der Waals surface area contributed by atoms with Gasteiger partial charge in [0.25, 0.3) is 5.91 Å². The molecule has 142 valence electrons. The molecular formula is C23H29N3O. The molecule has 1 N–H and O–H groups in total. The van der Waals surface area contributed by atoms with Gasteiger partial charge in [0, 0.05) is 44.0 Å². The molecule has 0 spiro atoms. The van der Waals surface area contributed by atoms with Crippen molar-refractivity contribution < 1.29 is 4.79 Å². The summed E-state index contributed by atoms with van der Waals surface area (Å²) in [7, 11) is 2.20. The summed E-state index contributed by atoms with van der Waals surface area (Å²) in [6.45, 7) is 4.18. The normalized spacial score (nSPS) is 26.6. The summed E-state index contributed by atoms with van der Waals surface area (Å²) in [6.07, 6.45) is 2.48. The largest absolute Gasteiger partial charge is 0.374 e. The van der Waals surface area contributed by atoms with Crippen molar-refractivity contribution in [2.75, 3.05) is 38.1 Å². The summed E-state index contributed by atoms with van der Waals surface area (Å²) in [5, 5.41) is 3.14. The summed E-state index contributed by atoms with van der Waals surface area (Å²) in [6, 6.07) is 20.6. The molecule has 5 rings (SSSR count). The molecule has 4 atom stereocenters. The summed E-state index contributed by atoms with van der Waals surface area (Å²) < 4.78 is 0. The fourth-order valence-corrected chi connectivity index (χ4v) is 4.71. The third-order valence-corrected chi connectivity index (χ3v) is 6.25. The monoisotopic (exact) mass is 363 g/mol. The molecule has 1 amide bonds. The van der Waals surface area contributed by atoms with Crippen LogP contribution in [-0.2, 0) is 0 Å². The van der Waals surface area contributed by atoms with E-state index < -0.39 is 0 Å². The molecule has 3 fully saturated rings. The molecule has 0 saturated carbocycles. The summed E-state index contributed by atoms with van der Waals surface area (Å²) in [5.74, 6) is 1.52. The fraction of sp³-hybridized carbons (Fsp3) is 0.435. The number of hydrogen-bond donors (Lipinski definition) is 1. The van der Waals surface area contributed by atoms with Crippen molar-refractivity contribution in [3.8, 4) is 0 Å². The molecule has 1 unspecified atom stereocenters. The van der Waals surface area contributed by atoms with E-state index in [0.717, 1.165) is 31.1 Å². The van der Waals surface area contributed by atoms with E-state index in [4.69, 9.17) is 0 Å². The predicted molar refractivity (Wildman–Crippen MR) is 110 cm³/mol. The highest BCUT2D eigenvalue weighted by Gasteiger charge is 2.40. The Morgan fingerprint density at radius 3 is 2.48 bits per heavy atom. The fourth-order valence-electron chi connectivity index (χ4n) is 4.71. The van der Waals surface area contributed by atoms with Crippen LogP contribution >= 0.6 is 0 Å². The van der Waals surface area contributed by atoms with E-state index in [1.54, 1.807) is 0 Å². The number of piperidine rings is 3. The SMILES string of the molecule is CN(C[C@H]1CN2CC[C@H]1C[C@@H]2CNC(=O)c1ccccc1)c1ccccc1. The zero-order valence-electron chi connectivity index (χ0n) is 16.1. The molecule has 2 aromatic rings. The minimum absolute atomic E-state index is 0.0404. The number of anilines is 1. The Labute approximate surface area is 162 Å². The molecule has 3 heterocycles. The molecule has 3 aliphatic heterocycles. The van der Waals surface area contributed by atoms with Gasteiger partial charge < -0.3 is 10.2 Å². The quantitative estimate of drug-likeness (QED) is 0.856. The van der Waals surface area contributed by atoms with Crippen LogP contribution in [0.25, 0.3) is 0 Å². The van der Waals surface area contributed by atoms with Crippen molar-refractivity contribution in [3.05, 3.63) is 66.2 Å². The standard InChI is InChI=1S/C23H29N3O/c1-25(21-10-6-3-7-11-21)16-20-17-26-13-12-19(20)14-22(26)15-24-23(27)18-8-4-2-5-9-18/h2-11,19-20,22H,12-17H2,1H3,(H,24,27)/t19-,20-,22+/m0/s1. The number of nitrogens with zero attached hydrogens (tertiary/aromatic N) is 2. The average molecular weight is 364 g/mol. The van der Waals surface area contributed by atoms with Gasteiger partial charge in [0.1, 0.15) is 0 Å². The van der Waals surface area contributed by atoms with Gasteiger partial charge in [-0.2, -0.15) is 0 Å². The Kier molecular flexibility index (Phi) is 5.44. The molecule has 27 heavy (non-hydrogen) atoms. The van der Waals surface area contributed by atoms with Crippen molar-refractivity contribution >= 4 is 11.6 Å². The highest BCUT2D eigenvalue weighted by Crippen LogP contribution is 2.36. The number of amides is 1. The molecule has 0 aromatic heterocycles. The van der Waals surface area contributed by atoms with Crippen LogP contribution in [-0.4, -0.2) is 50.1 Å². The van der Waals surface area contributed by atoms with Crippen LogP contribution in [0.5, 0.6) is 0 Å². The van der Waals surface area contributed by atoms with Gasteiger partial charge >= 0.3 is 0 Å². The molecular weight excluding hydrogens is 334 g/mol. The average Bonchev–Trinajstić information content (AvgIpc) is 2.74. The first-order valence-electron chi connectivity index (χ1n) is 10.0. The maximum atomic E-state index is 12.3. The smallest absolute Gasteiger partial charge is 0.251 e. The number of carbonyl (C=O) groups is 1. The third kappa shape index (κ3) is 4.16. The number of fused-ring (bicyclic) bond motifs is 3. The second kappa shape index (κ2) is 8.13. The van der Waals surface area contributed by atoms with Crippen LogP contribution in [0.15, 0.2) is 60.7 Å². The van der Waals surface area contributed by atoms with Crippen LogP contribution in [0.4, 0.5) is 5.69 Å². The molecule has 0 aliphatic carbocycles. The molecule has 4 nitrogen and oxygen atoms in total. The van der Waals surface area contributed by atoms with Crippen molar-refractivity contribution in [1.29, 1.82) is 0 Å². The van der Waals surface area contributed by atoms with E-state index in [2.05, 4.69) is 52.5 Å². The number of carbonyl (C=O) groups excluding carboxylic acids is 1. The molecule has 3 aliphatic rings. The molecule has 2 bridgehead atoms. The zero-order chi connectivity index (χ0) is 18.6. The Morgan fingerprint density at radius 2 is 1.81 bits per heavy atom. The van der Waals surface area contributed by atoms with E-state index in [9.17, 15) is 4.79 Å². The van der Waals surface area contributed by atoms with Gasteiger partial charge in [-0.25, -0.2) is 0 Å². The lowest BCUT2D eigenvalue weighted by Crippen LogP contribution is -2.58. The number of hydrogen-bond acceptors (Lipinski definition) is 3. The topological polar surface area (TPSA) is 35.6 Å². The molecule has 4 heteroatoms. The van der Waals surface area contributed by atoms with Crippen LogP contribution < -0.4 is 10.2 Å². The predicted octanol–water partition coefficient (Wildman–Crippen LogP) is 3.26. The summed E-state index contributed by atoms with van der Waals surface area (Å²) in [5.41, 5.74) is 2.04. The van der Waals surface area contributed by atoms with Gasteiger partial charge in [0.15, 0.2) is 0 Å². The lowest BCUT2D eigenvalue weighted by molar-refractivity contribution is 0.00517. The zero-order valence-corrected chi connectivity index (χ0v) is 16.1. The highest BCUT2D eigenvalue weighted by atomic mass is 16.1. The Balaban J connectivity index is 1.30. The molecule has 2 aromatic carbocycles. The number of para-hydroxylation sites is 1. The van der Waals surface area contributed by atoms with E-state index in [-0.39, 0.29) is 5.91 Å². The van der Waals surface area contributed by atoms with Gasteiger partial charge in [0.2, 0.25) is 0 Å². The third-order valence-electron chi connectivity index (χ3n) is 6.25. The van der Waals surface area contributed by atoms with Crippen LogP contribution in [0.2, 0.25) is 0 Å². The number of rotatable bonds is 6. The van der Waals surface area contributed by atoms with Gasteiger partial charge in [-0.15, -0.1) is 0 Å². The van der Waals surface area contributed by atoms with E-state index in [0.29, 0.717) is 12.0 Å². The van der Waals surface area contributed by atoms with Crippen molar-refractivity contribution in [3.63, 3.8) is 0 Å². The first-order chi connectivity index (χ1) is 13.2. The lowest BCUT2D eigenvalue weighted by atomic mass is 9.75. The Bertz CT molecular complexity index is 749. The Morgan fingerprint density at radius 1 is 1.11 bits per heavy atom. The first-order valence-corrected chi connectivity index (χ1v) is 10.0. The summed E-state index contributed by atoms with van der Waals surface area (Å²) in [4.78, 5) is 17.3. The van der Waals surface area contributed by atoms with Crippen molar-refractivity contribution in [2.24, 2.45) is 11.8 Å². The number of benzene rings is 2. The summed E-state index contributed by atoms with van der Waals surface area (Å²) >= 11 is 0. The van der Waals surface area contributed by atoms with Gasteiger partial charge in [-0.1, -0.05) is 36.4 Å². The minimum Gasteiger partial charge on any atom is -0.374 e. The minimum atomic E-state index is 0.0404. The second-order valence-electron chi connectivity index (χ2n) is 7.99. The van der Waals surface area contributed by atoms with Crippen LogP contribution in [0, 0.1) is 11.8 Å². The molecule has 3 saturated heterocycles. The van der Waals surface area contributed by atoms with E-state index in [1.165, 1.54) is 25.1 Å². The van der Waals surface area contributed by atoms with Crippen LogP contribution in [0.1, 0.15) is 23.2 Å². The van der Waals surface area contributed by atoms with Crippen LogP contribution in [0.3, 0.4) is 0 Å². The second-order valence-corrected chi connectivity index (χ2v) is 7.99. The van der Waals surface area contributed by atoms with E-state index in [1.807, 2.05) is 30.3 Å². The van der Waals surface area contributed by atoms with Gasteiger partial charge in [-0.05, 0) is 55.5 Å². The highest BCUT2D eigenvalue weighted by molar-refractivity contribution is 5.94. The molecule has 0 radical (unpaired) electrons. The van der Waals surface area contributed by atoms with E-state index >= 15 is 0 Å². The van der Waals surface area contributed by atoms with Crippen molar-refractivity contribution in [2.45, 2.75) is 18.9 Å². The first kappa shape index (κ1) is 18.1. The van der Waals surface area contributed by atoms with Gasteiger partial charge in [-0.3, -0.25) is 9.69 Å². The lowest BCUT2D eigenvalue weighted by Gasteiger charge is -2.50. The maximum absolute atomic E-state index is 12.3. The Hall–Kier alpha value is -2.33. The van der Waals surface area contributed by atoms with Gasteiger partial charge in [0.05, 0.1) is 0 Å². The van der Waals surface area contributed by atoms with Crippen molar-refractivity contribution in [1.82, 2.24) is 10.2 Å².